The summed E-state index contributed by atoms with van der Waals surface area (Å²) in [7, 11) is 0. The van der Waals surface area contributed by atoms with E-state index in [1.165, 1.54) is 0 Å². The topological polar surface area (TPSA) is 79.3 Å². The highest BCUT2D eigenvalue weighted by Gasteiger charge is 2.29. The fraction of sp³-hybridized carbons (Fsp3) is 0.389. The van der Waals surface area contributed by atoms with Crippen molar-refractivity contribution < 1.29 is 9.59 Å². The lowest BCUT2D eigenvalue weighted by Crippen LogP contribution is -2.44. The second-order valence-corrected chi connectivity index (χ2v) is 6.34. The molecule has 0 saturated carbocycles. The van der Waals surface area contributed by atoms with Crippen LogP contribution in [0.5, 0.6) is 0 Å². The molecule has 0 fully saturated rings. The molecule has 0 aliphatic carbocycles. The van der Waals surface area contributed by atoms with Gasteiger partial charge < -0.3 is 15.5 Å². The first-order valence-corrected chi connectivity index (χ1v) is 8.45. The molecule has 0 saturated heterocycles. The highest BCUT2D eigenvalue weighted by molar-refractivity contribution is 6.04. The molecular formula is C18H23N5O2. The Bertz CT molecular complexity index is 770. The van der Waals surface area contributed by atoms with E-state index in [2.05, 4.69) is 15.7 Å². The fourth-order valence-electron chi connectivity index (χ4n) is 3.03. The third-order valence-electron chi connectivity index (χ3n) is 4.18. The van der Waals surface area contributed by atoms with Gasteiger partial charge in [0.25, 0.3) is 0 Å². The van der Waals surface area contributed by atoms with Crippen molar-refractivity contribution >= 4 is 23.2 Å². The molecule has 0 spiro atoms. The Morgan fingerprint density at radius 2 is 2.20 bits per heavy atom. The smallest absolute Gasteiger partial charge is 0.241 e. The van der Waals surface area contributed by atoms with E-state index in [0.717, 1.165) is 11.3 Å². The number of hydrogen-bond donors (Lipinski definition) is 2. The summed E-state index contributed by atoms with van der Waals surface area (Å²) in [6, 6.07) is 7.21. The van der Waals surface area contributed by atoms with Crippen molar-refractivity contribution in [1.29, 1.82) is 0 Å². The van der Waals surface area contributed by atoms with Crippen LogP contribution in [0.4, 0.5) is 11.4 Å². The summed E-state index contributed by atoms with van der Waals surface area (Å²) in [5.41, 5.74) is 2.54. The van der Waals surface area contributed by atoms with Crippen LogP contribution in [0.1, 0.15) is 18.9 Å². The number of para-hydroxylation sites is 2. The van der Waals surface area contributed by atoms with Gasteiger partial charge in [-0.05, 0) is 31.5 Å². The Kier molecular flexibility index (Phi) is 5.14. The van der Waals surface area contributed by atoms with E-state index in [1.54, 1.807) is 4.90 Å². The van der Waals surface area contributed by atoms with Crippen molar-refractivity contribution in [2.75, 3.05) is 23.3 Å². The van der Waals surface area contributed by atoms with Gasteiger partial charge in [-0.25, -0.2) is 0 Å². The van der Waals surface area contributed by atoms with Crippen LogP contribution in [0.2, 0.25) is 0 Å². The third kappa shape index (κ3) is 4.06. The fourth-order valence-corrected chi connectivity index (χ4v) is 3.03. The monoisotopic (exact) mass is 341 g/mol. The van der Waals surface area contributed by atoms with Crippen LogP contribution in [-0.4, -0.2) is 40.7 Å². The van der Waals surface area contributed by atoms with Gasteiger partial charge in [0.1, 0.15) is 0 Å². The lowest BCUT2D eigenvalue weighted by atomic mass is 10.1. The molecule has 2 heterocycles. The summed E-state index contributed by atoms with van der Waals surface area (Å²) in [4.78, 5) is 26.4. The summed E-state index contributed by atoms with van der Waals surface area (Å²) >= 11 is 0. The summed E-state index contributed by atoms with van der Waals surface area (Å²) in [6.07, 6.45) is 4.06. The Hall–Kier alpha value is -2.67. The number of anilines is 2. The number of hydrogen-bond acceptors (Lipinski definition) is 4. The number of nitrogens with zero attached hydrogens (tertiary/aromatic N) is 3. The zero-order valence-corrected chi connectivity index (χ0v) is 14.5. The van der Waals surface area contributed by atoms with Gasteiger partial charge in [-0.15, -0.1) is 0 Å². The van der Waals surface area contributed by atoms with E-state index in [1.807, 2.05) is 55.2 Å². The van der Waals surface area contributed by atoms with E-state index >= 15 is 0 Å². The molecule has 2 aromatic rings. The molecule has 0 unspecified atom stereocenters. The number of benzene rings is 1. The van der Waals surface area contributed by atoms with Crippen LogP contribution in [0.3, 0.4) is 0 Å². The molecule has 7 nitrogen and oxygen atoms in total. The summed E-state index contributed by atoms with van der Waals surface area (Å²) in [6.45, 7) is 5.45. The minimum Gasteiger partial charge on any atom is -0.324 e. The van der Waals surface area contributed by atoms with E-state index in [-0.39, 0.29) is 30.8 Å². The molecule has 7 heteroatoms. The molecule has 1 aromatic carbocycles. The van der Waals surface area contributed by atoms with Crippen LogP contribution in [0.15, 0.2) is 36.7 Å². The number of carbonyl (C=O) groups excluding carboxylic acids is 2. The minimum absolute atomic E-state index is 0.0481. The molecule has 2 amide bonds. The second-order valence-electron chi connectivity index (χ2n) is 6.34. The SMILES string of the molecule is Cc1cnn(CCNCC(=O)N2c3ccccc3NC(=O)C[C@H]2C)c1. The summed E-state index contributed by atoms with van der Waals surface area (Å²) in [5, 5.41) is 10.3. The molecule has 1 aliphatic rings. The van der Waals surface area contributed by atoms with Gasteiger partial charge in [0, 0.05) is 25.2 Å². The van der Waals surface area contributed by atoms with Crippen molar-refractivity contribution in [3.05, 3.63) is 42.2 Å². The van der Waals surface area contributed by atoms with Crippen molar-refractivity contribution in [3.63, 3.8) is 0 Å². The van der Waals surface area contributed by atoms with E-state index in [0.29, 0.717) is 18.8 Å². The lowest BCUT2D eigenvalue weighted by molar-refractivity contribution is -0.118. The lowest BCUT2D eigenvalue weighted by Gasteiger charge is -2.28. The molecule has 132 valence electrons. The highest BCUT2D eigenvalue weighted by Crippen LogP contribution is 2.31. The van der Waals surface area contributed by atoms with E-state index < -0.39 is 0 Å². The van der Waals surface area contributed by atoms with Crippen LogP contribution in [-0.2, 0) is 16.1 Å². The maximum atomic E-state index is 12.7. The van der Waals surface area contributed by atoms with Crippen LogP contribution in [0.25, 0.3) is 0 Å². The Balaban J connectivity index is 1.63. The highest BCUT2D eigenvalue weighted by atomic mass is 16.2. The quantitative estimate of drug-likeness (QED) is 0.809. The van der Waals surface area contributed by atoms with E-state index in [4.69, 9.17) is 0 Å². The molecule has 0 radical (unpaired) electrons. The van der Waals surface area contributed by atoms with Crippen LogP contribution in [0, 0.1) is 6.92 Å². The maximum Gasteiger partial charge on any atom is 0.241 e. The third-order valence-corrected chi connectivity index (χ3v) is 4.18. The predicted molar refractivity (Wildman–Crippen MR) is 96.5 cm³/mol. The first kappa shape index (κ1) is 17.2. The first-order chi connectivity index (χ1) is 12.0. The molecule has 1 atom stereocenters. The maximum absolute atomic E-state index is 12.7. The molecule has 25 heavy (non-hydrogen) atoms. The number of aryl methyl sites for hydroxylation is 1. The number of nitrogens with one attached hydrogen (secondary N) is 2. The normalized spacial score (nSPS) is 17.0. The van der Waals surface area contributed by atoms with E-state index in [9.17, 15) is 9.59 Å². The van der Waals surface area contributed by atoms with Gasteiger partial charge in [-0.1, -0.05) is 12.1 Å². The standard InChI is InChI=1S/C18H23N5O2/c1-13-10-20-22(12-13)8-7-19-11-18(25)23-14(2)9-17(24)21-15-5-3-4-6-16(15)23/h3-6,10,12,14,19H,7-9,11H2,1-2H3,(H,21,24)/t14-/m1/s1. The minimum atomic E-state index is -0.188. The van der Waals surface area contributed by atoms with Crippen molar-refractivity contribution in [2.24, 2.45) is 0 Å². The number of amides is 2. The summed E-state index contributed by atoms with van der Waals surface area (Å²) in [5.74, 6) is -0.120. The zero-order valence-electron chi connectivity index (χ0n) is 14.5. The first-order valence-electron chi connectivity index (χ1n) is 8.45. The van der Waals surface area contributed by atoms with Gasteiger partial charge in [-0.2, -0.15) is 5.10 Å². The Labute approximate surface area is 147 Å². The molecule has 2 N–H and O–H groups in total. The average Bonchev–Trinajstić information content (AvgIpc) is 2.92. The van der Waals surface area contributed by atoms with Gasteiger partial charge >= 0.3 is 0 Å². The molecule has 1 aliphatic heterocycles. The second kappa shape index (κ2) is 7.48. The van der Waals surface area contributed by atoms with Gasteiger partial charge in [0.15, 0.2) is 0 Å². The molecular weight excluding hydrogens is 318 g/mol. The number of fused-ring (bicyclic) bond motifs is 1. The van der Waals surface area contributed by atoms with Gasteiger partial charge in [0.05, 0.1) is 30.7 Å². The zero-order chi connectivity index (χ0) is 17.8. The summed E-state index contributed by atoms with van der Waals surface area (Å²) < 4.78 is 1.85. The number of rotatable bonds is 5. The van der Waals surface area contributed by atoms with Crippen molar-refractivity contribution in [1.82, 2.24) is 15.1 Å². The number of aromatic nitrogens is 2. The van der Waals surface area contributed by atoms with Crippen molar-refractivity contribution in [2.45, 2.75) is 32.9 Å². The average molecular weight is 341 g/mol. The van der Waals surface area contributed by atoms with Crippen LogP contribution >= 0.6 is 0 Å². The molecule has 3 rings (SSSR count). The van der Waals surface area contributed by atoms with Gasteiger partial charge in [0.2, 0.25) is 11.8 Å². The van der Waals surface area contributed by atoms with Gasteiger partial charge in [-0.3, -0.25) is 14.3 Å². The molecule has 1 aromatic heterocycles. The van der Waals surface area contributed by atoms with Crippen molar-refractivity contribution in [3.8, 4) is 0 Å². The number of carbonyl (C=O) groups is 2. The predicted octanol–water partition coefficient (Wildman–Crippen LogP) is 1.55. The Morgan fingerprint density at radius 3 is 2.96 bits per heavy atom. The largest absolute Gasteiger partial charge is 0.324 e. The van der Waals surface area contributed by atoms with Crippen LogP contribution < -0.4 is 15.5 Å². The Morgan fingerprint density at radius 1 is 1.40 bits per heavy atom. The molecule has 0 bridgehead atoms.